The SMILES string of the molecule is Clc1ccc(C2CN3CCCC3c3cc(OCCCN4CCCCC4)ccc32)cc1. The second-order valence-corrected chi connectivity index (χ2v) is 9.59. The van der Waals surface area contributed by atoms with E-state index in [1.807, 2.05) is 12.1 Å². The minimum atomic E-state index is 0.416. The second kappa shape index (κ2) is 9.30. The maximum Gasteiger partial charge on any atom is 0.119 e. The molecule has 2 fully saturated rings. The van der Waals surface area contributed by atoms with Crippen molar-refractivity contribution in [3.8, 4) is 5.75 Å². The normalized spacial score (nSPS) is 24.4. The summed E-state index contributed by atoms with van der Waals surface area (Å²) in [5.41, 5.74) is 4.31. The lowest BCUT2D eigenvalue weighted by Crippen LogP contribution is -2.34. The molecule has 3 nitrogen and oxygen atoms in total. The molecular formula is C26H33ClN2O. The predicted molar refractivity (Wildman–Crippen MR) is 124 cm³/mol. The first kappa shape index (κ1) is 20.4. The summed E-state index contributed by atoms with van der Waals surface area (Å²) < 4.78 is 6.21. The van der Waals surface area contributed by atoms with Gasteiger partial charge in [-0.25, -0.2) is 0 Å². The van der Waals surface area contributed by atoms with Crippen LogP contribution in [0.15, 0.2) is 42.5 Å². The second-order valence-electron chi connectivity index (χ2n) is 9.15. The van der Waals surface area contributed by atoms with Crippen LogP contribution in [-0.2, 0) is 0 Å². The first-order chi connectivity index (χ1) is 14.8. The van der Waals surface area contributed by atoms with Gasteiger partial charge in [-0.3, -0.25) is 4.90 Å². The highest BCUT2D eigenvalue weighted by atomic mass is 35.5. The molecule has 3 aliphatic rings. The van der Waals surface area contributed by atoms with E-state index in [-0.39, 0.29) is 0 Å². The Bertz CT molecular complexity index is 847. The van der Waals surface area contributed by atoms with Crippen LogP contribution in [0.25, 0.3) is 0 Å². The summed E-state index contributed by atoms with van der Waals surface area (Å²) in [7, 11) is 0. The molecule has 0 radical (unpaired) electrons. The fraction of sp³-hybridized carbons (Fsp3) is 0.538. The lowest BCUT2D eigenvalue weighted by molar-refractivity contribution is 0.204. The molecule has 160 valence electrons. The Hall–Kier alpha value is -1.55. The summed E-state index contributed by atoms with van der Waals surface area (Å²) in [6, 6.07) is 15.8. The van der Waals surface area contributed by atoms with E-state index in [4.69, 9.17) is 16.3 Å². The highest BCUT2D eigenvalue weighted by molar-refractivity contribution is 6.30. The van der Waals surface area contributed by atoms with Crippen LogP contribution in [0.2, 0.25) is 5.02 Å². The number of benzene rings is 2. The zero-order chi connectivity index (χ0) is 20.3. The number of halogens is 1. The molecule has 2 atom stereocenters. The number of hydrogen-bond donors (Lipinski definition) is 0. The lowest BCUT2D eigenvalue weighted by atomic mass is 9.81. The number of fused-ring (bicyclic) bond motifs is 3. The Morgan fingerprint density at radius 2 is 1.73 bits per heavy atom. The summed E-state index contributed by atoms with van der Waals surface area (Å²) in [6.45, 7) is 6.82. The minimum absolute atomic E-state index is 0.416. The van der Waals surface area contributed by atoms with Gasteiger partial charge >= 0.3 is 0 Å². The van der Waals surface area contributed by atoms with Crippen LogP contribution in [0, 0.1) is 0 Å². The standard InChI is InChI=1S/C26H33ClN2O/c27-21-9-7-20(8-10-21)25-19-29-16-4-6-26(29)24-18-22(11-12-23(24)25)30-17-5-15-28-13-2-1-3-14-28/h7-12,18,25-26H,1-6,13-17,19H2. The van der Waals surface area contributed by atoms with Gasteiger partial charge in [-0.2, -0.15) is 0 Å². The Morgan fingerprint density at radius 1 is 0.900 bits per heavy atom. The van der Waals surface area contributed by atoms with Gasteiger partial charge in [0.25, 0.3) is 0 Å². The van der Waals surface area contributed by atoms with Gasteiger partial charge in [0.15, 0.2) is 0 Å². The molecule has 0 amide bonds. The highest BCUT2D eigenvalue weighted by Gasteiger charge is 2.36. The zero-order valence-corrected chi connectivity index (χ0v) is 18.6. The molecule has 5 rings (SSSR count). The third-order valence-corrected chi connectivity index (χ3v) is 7.43. The molecule has 3 aliphatic heterocycles. The summed E-state index contributed by atoms with van der Waals surface area (Å²) in [6.07, 6.45) is 7.78. The van der Waals surface area contributed by atoms with Crippen molar-refractivity contribution in [2.24, 2.45) is 0 Å². The molecule has 2 aromatic carbocycles. The number of piperidine rings is 1. The van der Waals surface area contributed by atoms with E-state index in [0.29, 0.717) is 12.0 Å². The van der Waals surface area contributed by atoms with E-state index >= 15 is 0 Å². The summed E-state index contributed by atoms with van der Waals surface area (Å²) in [5, 5.41) is 0.808. The van der Waals surface area contributed by atoms with Crippen molar-refractivity contribution in [1.29, 1.82) is 0 Å². The number of ether oxygens (including phenoxy) is 1. The van der Waals surface area contributed by atoms with Gasteiger partial charge in [0.1, 0.15) is 5.75 Å². The van der Waals surface area contributed by atoms with E-state index < -0.39 is 0 Å². The van der Waals surface area contributed by atoms with Gasteiger partial charge in [0.2, 0.25) is 0 Å². The Labute approximate surface area is 186 Å². The maximum absolute atomic E-state index is 6.21. The van der Waals surface area contributed by atoms with Crippen molar-refractivity contribution in [3.05, 3.63) is 64.2 Å². The molecular weight excluding hydrogens is 392 g/mol. The van der Waals surface area contributed by atoms with E-state index in [9.17, 15) is 0 Å². The molecule has 3 heterocycles. The van der Waals surface area contributed by atoms with E-state index in [0.717, 1.165) is 30.3 Å². The average molecular weight is 425 g/mol. The van der Waals surface area contributed by atoms with Crippen molar-refractivity contribution in [2.45, 2.75) is 50.5 Å². The quantitative estimate of drug-likeness (QED) is 0.538. The van der Waals surface area contributed by atoms with Gasteiger partial charge in [-0.05, 0) is 92.7 Å². The smallest absolute Gasteiger partial charge is 0.119 e. The lowest BCUT2D eigenvalue weighted by Gasteiger charge is -2.37. The first-order valence-corrected chi connectivity index (χ1v) is 12.1. The number of hydrogen-bond acceptors (Lipinski definition) is 3. The molecule has 0 aromatic heterocycles. The van der Waals surface area contributed by atoms with Crippen LogP contribution in [0.5, 0.6) is 5.75 Å². The van der Waals surface area contributed by atoms with Crippen LogP contribution < -0.4 is 4.74 Å². The Morgan fingerprint density at radius 3 is 2.57 bits per heavy atom. The van der Waals surface area contributed by atoms with Gasteiger partial charge < -0.3 is 9.64 Å². The predicted octanol–water partition coefficient (Wildman–Crippen LogP) is 5.88. The van der Waals surface area contributed by atoms with Crippen molar-refractivity contribution >= 4 is 11.6 Å². The largest absolute Gasteiger partial charge is 0.494 e. The zero-order valence-electron chi connectivity index (χ0n) is 17.9. The van der Waals surface area contributed by atoms with E-state index in [2.05, 4.69) is 40.1 Å². The topological polar surface area (TPSA) is 15.7 Å². The van der Waals surface area contributed by atoms with Crippen molar-refractivity contribution in [1.82, 2.24) is 9.80 Å². The Kier molecular flexibility index (Phi) is 6.31. The van der Waals surface area contributed by atoms with Crippen LogP contribution in [0.3, 0.4) is 0 Å². The van der Waals surface area contributed by atoms with Gasteiger partial charge in [-0.15, -0.1) is 0 Å². The fourth-order valence-corrected chi connectivity index (χ4v) is 5.75. The van der Waals surface area contributed by atoms with Crippen LogP contribution >= 0.6 is 11.6 Å². The molecule has 2 aromatic rings. The average Bonchev–Trinajstić information content (AvgIpc) is 3.26. The number of rotatable bonds is 6. The monoisotopic (exact) mass is 424 g/mol. The molecule has 4 heteroatoms. The third-order valence-electron chi connectivity index (χ3n) is 7.18. The first-order valence-electron chi connectivity index (χ1n) is 11.8. The van der Waals surface area contributed by atoms with Crippen LogP contribution in [0.1, 0.15) is 67.2 Å². The number of nitrogens with zero attached hydrogens (tertiary/aromatic N) is 2. The summed E-state index contributed by atoms with van der Waals surface area (Å²) >= 11 is 6.14. The van der Waals surface area contributed by atoms with Gasteiger partial charge in [0, 0.05) is 30.1 Å². The molecule has 0 saturated carbocycles. The van der Waals surface area contributed by atoms with Crippen LogP contribution in [0.4, 0.5) is 0 Å². The van der Waals surface area contributed by atoms with Crippen LogP contribution in [-0.4, -0.2) is 49.1 Å². The molecule has 30 heavy (non-hydrogen) atoms. The Balaban J connectivity index is 1.29. The fourth-order valence-electron chi connectivity index (χ4n) is 5.62. The van der Waals surface area contributed by atoms with Crippen molar-refractivity contribution in [3.63, 3.8) is 0 Å². The van der Waals surface area contributed by atoms with Crippen molar-refractivity contribution < 1.29 is 4.74 Å². The molecule has 2 saturated heterocycles. The molecule has 0 N–H and O–H groups in total. The number of likely N-dealkylation sites (tertiary alicyclic amines) is 1. The van der Waals surface area contributed by atoms with E-state index in [1.54, 1.807) is 0 Å². The van der Waals surface area contributed by atoms with E-state index in [1.165, 1.54) is 75.0 Å². The van der Waals surface area contributed by atoms with Gasteiger partial charge in [-0.1, -0.05) is 36.2 Å². The molecule has 0 aliphatic carbocycles. The van der Waals surface area contributed by atoms with Gasteiger partial charge in [0.05, 0.1) is 6.61 Å². The summed E-state index contributed by atoms with van der Waals surface area (Å²) in [4.78, 5) is 5.26. The maximum atomic E-state index is 6.21. The molecule has 2 unspecified atom stereocenters. The highest BCUT2D eigenvalue weighted by Crippen LogP contribution is 2.45. The molecule has 0 bridgehead atoms. The summed E-state index contributed by atoms with van der Waals surface area (Å²) in [5.74, 6) is 1.45. The molecule has 0 spiro atoms. The third kappa shape index (κ3) is 4.39. The van der Waals surface area contributed by atoms with Crippen molar-refractivity contribution in [2.75, 3.05) is 39.3 Å². The minimum Gasteiger partial charge on any atom is -0.494 e.